The highest BCUT2D eigenvalue weighted by Gasteiger charge is 2.39. The Hall–Kier alpha value is -2.75. The minimum Gasteiger partial charge on any atom is -0.351 e. The van der Waals surface area contributed by atoms with Crippen LogP contribution in [0.15, 0.2) is 24.7 Å². The van der Waals surface area contributed by atoms with Crippen LogP contribution in [0.2, 0.25) is 0 Å². The van der Waals surface area contributed by atoms with Gasteiger partial charge in [0.15, 0.2) is 11.5 Å². The summed E-state index contributed by atoms with van der Waals surface area (Å²) in [5.74, 6) is -3.83. The van der Waals surface area contributed by atoms with Crippen LogP contribution in [0.4, 0.5) is 19.1 Å². The van der Waals surface area contributed by atoms with Crippen molar-refractivity contribution < 1.29 is 13.2 Å². The number of hydrogen-bond acceptors (Lipinski definition) is 6. The average molecular weight is 391 g/mol. The van der Waals surface area contributed by atoms with E-state index in [1.54, 1.807) is 24.2 Å². The van der Waals surface area contributed by atoms with Gasteiger partial charge < -0.3 is 5.32 Å². The predicted molar refractivity (Wildman–Crippen MR) is 97.6 cm³/mol. The number of aromatic nitrogens is 5. The van der Waals surface area contributed by atoms with Crippen LogP contribution in [0.1, 0.15) is 24.1 Å². The van der Waals surface area contributed by atoms with Crippen LogP contribution >= 0.6 is 0 Å². The molecule has 0 amide bonds. The summed E-state index contributed by atoms with van der Waals surface area (Å²) >= 11 is 0. The summed E-state index contributed by atoms with van der Waals surface area (Å²) in [6, 6.07) is 1.17. The van der Waals surface area contributed by atoms with E-state index in [4.69, 9.17) is 0 Å². The number of fused-ring (bicyclic) bond motifs is 1. The molecule has 2 N–H and O–H groups in total. The third-order valence-electron chi connectivity index (χ3n) is 4.86. The van der Waals surface area contributed by atoms with Gasteiger partial charge in [-0.2, -0.15) is 18.9 Å². The minimum absolute atomic E-state index is 0.0829. The largest absolute Gasteiger partial charge is 0.351 e. The third kappa shape index (κ3) is 3.91. The molecule has 4 rings (SSSR count). The van der Waals surface area contributed by atoms with Crippen molar-refractivity contribution >= 4 is 17.0 Å². The second kappa shape index (κ2) is 7.34. The number of halogens is 3. The Morgan fingerprint density at radius 3 is 2.75 bits per heavy atom. The van der Waals surface area contributed by atoms with Gasteiger partial charge >= 0.3 is 5.92 Å². The molecule has 28 heavy (non-hydrogen) atoms. The molecule has 0 bridgehead atoms. The molecular formula is C18H20F3N7. The number of alkyl halides is 2. The van der Waals surface area contributed by atoms with Crippen molar-refractivity contribution in [1.82, 2.24) is 30.0 Å². The van der Waals surface area contributed by atoms with E-state index >= 15 is 0 Å². The van der Waals surface area contributed by atoms with Crippen LogP contribution in [0.5, 0.6) is 0 Å². The number of rotatable bonds is 5. The van der Waals surface area contributed by atoms with E-state index in [0.29, 0.717) is 43.1 Å². The number of piperidine rings is 1. The summed E-state index contributed by atoms with van der Waals surface area (Å²) in [5.41, 5.74) is 0.362. The molecule has 7 nitrogen and oxygen atoms in total. The average Bonchev–Trinajstić information content (AvgIpc) is 3.10. The molecule has 148 valence electrons. The summed E-state index contributed by atoms with van der Waals surface area (Å²) in [7, 11) is 0. The highest BCUT2D eigenvalue weighted by molar-refractivity contribution is 5.73. The minimum atomic E-state index is -3.34. The molecule has 0 aliphatic carbocycles. The summed E-state index contributed by atoms with van der Waals surface area (Å²) in [5, 5.41) is 10.7. The molecule has 0 spiro atoms. The first kappa shape index (κ1) is 18.6. The van der Waals surface area contributed by atoms with Crippen molar-refractivity contribution in [3.8, 4) is 0 Å². The SMILES string of the molecule is Cc1cnc(C(F)(F)CN2CCC(Nc3ncc4cn[nH]c4n3)CC2)c(F)c1. The lowest BCUT2D eigenvalue weighted by Crippen LogP contribution is -2.44. The molecule has 0 saturated carbocycles. The first-order valence-electron chi connectivity index (χ1n) is 9.06. The second-order valence-corrected chi connectivity index (χ2v) is 7.11. The summed E-state index contributed by atoms with van der Waals surface area (Å²) in [6.45, 7) is 1.99. The summed E-state index contributed by atoms with van der Waals surface area (Å²) in [4.78, 5) is 13.8. The van der Waals surface area contributed by atoms with E-state index < -0.39 is 24.0 Å². The second-order valence-electron chi connectivity index (χ2n) is 7.11. The molecule has 1 fully saturated rings. The standard InChI is InChI=1S/C18H20F3N7/c1-11-6-14(19)15(22-7-11)18(20,21)10-28-4-2-13(3-5-28)25-17-23-8-12-9-24-27-16(12)26-17/h6-9,13H,2-5,10H2,1H3,(H2,23,24,25,26,27). The molecule has 1 aliphatic rings. The van der Waals surface area contributed by atoms with Crippen LogP contribution in [-0.4, -0.2) is 55.7 Å². The highest BCUT2D eigenvalue weighted by atomic mass is 19.3. The Morgan fingerprint density at radius 1 is 1.21 bits per heavy atom. The van der Waals surface area contributed by atoms with Gasteiger partial charge in [0.1, 0.15) is 5.69 Å². The molecule has 0 atom stereocenters. The lowest BCUT2D eigenvalue weighted by molar-refractivity contribution is -0.0486. The van der Waals surface area contributed by atoms with Crippen molar-refractivity contribution in [3.63, 3.8) is 0 Å². The zero-order chi connectivity index (χ0) is 19.7. The van der Waals surface area contributed by atoms with Crippen molar-refractivity contribution in [2.75, 3.05) is 25.0 Å². The zero-order valence-electron chi connectivity index (χ0n) is 15.3. The van der Waals surface area contributed by atoms with Gasteiger partial charge in [0.2, 0.25) is 5.95 Å². The van der Waals surface area contributed by atoms with Gasteiger partial charge in [0.25, 0.3) is 0 Å². The fourth-order valence-corrected chi connectivity index (χ4v) is 3.38. The fourth-order valence-electron chi connectivity index (χ4n) is 3.38. The van der Waals surface area contributed by atoms with Crippen LogP contribution in [0.25, 0.3) is 11.0 Å². The number of aromatic amines is 1. The van der Waals surface area contributed by atoms with Gasteiger partial charge in [-0.15, -0.1) is 0 Å². The Bertz CT molecular complexity index is 967. The number of H-pyrrole nitrogens is 1. The van der Waals surface area contributed by atoms with Crippen molar-refractivity contribution in [3.05, 3.63) is 41.7 Å². The number of aryl methyl sites for hydroxylation is 1. The van der Waals surface area contributed by atoms with Crippen LogP contribution in [0, 0.1) is 12.7 Å². The molecular weight excluding hydrogens is 371 g/mol. The lowest BCUT2D eigenvalue weighted by Gasteiger charge is -2.34. The molecule has 0 unspecified atom stereocenters. The number of likely N-dealkylation sites (tertiary alicyclic amines) is 1. The van der Waals surface area contributed by atoms with E-state index in [1.165, 1.54) is 6.20 Å². The van der Waals surface area contributed by atoms with Crippen LogP contribution in [0.3, 0.4) is 0 Å². The molecule has 1 aliphatic heterocycles. The normalized spacial score (nSPS) is 16.6. The summed E-state index contributed by atoms with van der Waals surface area (Å²) in [6.07, 6.45) is 5.89. The number of nitrogens with zero attached hydrogens (tertiary/aromatic N) is 5. The molecule has 4 heterocycles. The number of anilines is 1. The first-order chi connectivity index (χ1) is 13.4. The van der Waals surface area contributed by atoms with Gasteiger partial charge in [-0.05, 0) is 31.4 Å². The van der Waals surface area contributed by atoms with Crippen LogP contribution < -0.4 is 5.32 Å². The highest BCUT2D eigenvalue weighted by Crippen LogP contribution is 2.31. The van der Waals surface area contributed by atoms with E-state index in [9.17, 15) is 13.2 Å². The van der Waals surface area contributed by atoms with E-state index in [1.807, 2.05) is 0 Å². The fraction of sp³-hybridized carbons (Fsp3) is 0.444. The molecule has 0 radical (unpaired) electrons. The number of nitrogens with one attached hydrogen (secondary N) is 2. The monoisotopic (exact) mass is 391 g/mol. The van der Waals surface area contributed by atoms with Gasteiger partial charge in [0.05, 0.1) is 18.1 Å². The quantitative estimate of drug-likeness (QED) is 0.696. The van der Waals surface area contributed by atoms with E-state index in [2.05, 4.69) is 30.5 Å². The predicted octanol–water partition coefficient (Wildman–Crippen LogP) is 2.86. The lowest BCUT2D eigenvalue weighted by atomic mass is 10.0. The van der Waals surface area contributed by atoms with E-state index in [-0.39, 0.29) is 6.04 Å². The van der Waals surface area contributed by atoms with Crippen molar-refractivity contribution in [2.24, 2.45) is 0 Å². The Kier molecular flexibility index (Phi) is 4.88. The number of pyridine rings is 1. The molecule has 3 aromatic heterocycles. The van der Waals surface area contributed by atoms with Gasteiger partial charge in [0, 0.05) is 31.5 Å². The molecule has 3 aromatic rings. The van der Waals surface area contributed by atoms with Crippen molar-refractivity contribution in [1.29, 1.82) is 0 Å². The van der Waals surface area contributed by atoms with Gasteiger partial charge in [-0.3, -0.25) is 15.0 Å². The Morgan fingerprint density at radius 2 is 2.00 bits per heavy atom. The third-order valence-corrected chi connectivity index (χ3v) is 4.86. The maximum absolute atomic E-state index is 14.5. The Labute approximate surface area is 159 Å². The first-order valence-corrected chi connectivity index (χ1v) is 9.06. The van der Waals surface area contributed by atoms with Crippen molar-refractivity contribution in [2.45, 2.75) is 31.7 Å². The summed E-state index contributed by atoms with van der Waals surface area (Å²) < 4.78 is 42.9. The van der Waals surface area contributed by atoms with E-state index in [0.717, 1.165) is 11.5 Å². The molecule has 0 aromatic carbocycles. The van der Waals surface area contributed by atoms with Crippen LogP contribution in [-0.2, 0) is 5.92 Å². The molecule has 1 saturated heterocycles. The number of hydrogen-bond donors (Lipinski definition) is 2. The topological polar surface area (TPSA) is 82.6 Å². The maximum atomic E-state index is 14.5. The van der Waals surface area contributed by atoms with Gasteiger partial charge in [-0.25, -0.2) is 9.37 Å². The Balaban J connectivity index is 1.34. The zero-order valence-corrected chi connectivity index (χ0v) is 15.3. The maximum Gasteiger partial charge on any atom is 0.304 e. The van der Waals surface area contributed by atoms with Gasteiger partial charge in [-0.1, -0.05) is 0 Å². The molecule has 10 heteroatoms. The smallest absolute Gasteiger partial charge is 0.304 e.